The summed E-state index contributed by atoms with van der Waals surface area (Å²) in [6, 6.07) is 0. The van der Waals surface area contributed by atoms with Gasteiger partial charge in [0.2, 0.25) is 0 Å². The van der Waals surface area contributed by atoms with Gasteiger partial charge in [-0.2, -0.15) is 5.90 Å². The largest absolute Gasteiger partial charge is 1.00 e. The van der Waals surface area contributed by atoms with Gasteiger partial charge in [-0.15, -0.1) is 0 Å². The van der Waals surface area contributed by atoms with E-state index in [1.54, 1.807) is 0 Å². The van der Waals surface area contributed by atoms with Crippen molar-refractivity contribution in [3.05, 3.63) is 0 Å². The summed E-state index contributed by atoms with van der Waals surface area (Å²) in [4.78, 5) is 23.1. The minimum atomic E-state index is -1.34. The maximum atomic E-state index is 9.84. The van der Waals surface area contributed by atoms with Gasteiger partial charge in [0.1, 0.15) is 11.9 Å². The summed E-state index contributed by atoms with van der Waals surface area (Å²) in [5, 5.41) is 0. The van der Waals surface area contributed by atoms with Crippen LogP contribution in [0.2, 0.25) is 0 Å². The normalized spacial score (nSPS) is 5.64. The van der Waals surface area contributed by atoms with Crippen molar-refractivity contribution in [2.24, 2.45) is 5.90 Å². The van der Waals surface area contributed by atoms with Crippen molar-refractivity contribution in [3.8, 4) is 0 Å². The van der Waals surface area contributed by atoms with E-state index in [0.29, 0.717) is 0 Å². The SMILES string of the molecule is NOC(=O)C(=O)OCl.[H-].[H-].[H-].[Na+].[Na+].[Na+]. The minimum absolute atomic E-state index is 0. The molecular weight excluding hydrogens is 206 g/mol. The van der Waals surface area contributed by atoms with E-state index in [2.05, 4.69) is 26.9 Å². The molecule has 0 aliphatic heterocycles. The Kier molecular flexibility index (Phi) is 31.0. The first-order valence-corrected chi connectivity index (χ1v) is 1.77. The van der Waals surface area contributed by atoms with E-state index in [1.807, 2.05) is 0 Å². The molecule has 0 amide bonds. The molecule has 2 N–H and O–H groups in total. The van der Waals surface area contributed by atoms with E-state index in [-0.39, 0.29) is 93.0 Å². The standard InChI is InChI=1S/C2H2ClNO4.3Na.3H/c3-7-1(5)2(6)8-4;;;;;;/h4H2;;;;;;/q;3*+1;3*-1. The molecule has 0 aromatic heterocycles. The van der Waals surface area contributed by atoms with Crippen LogP contribution in [0.1, 0.15) is 4.28 Å². The number of nitrogens with two attached hydrogens (primary N) is 1. The van der Waals surface area contributed by atoms with Crippen LogP contribution in [0.25, 0.3) is 0 Å². The molecule has 0 radical (unpaired) electrons. The number of hydrogen-bond acceptors (Lipinski definition) is 5. The second-order valence-corrected chi connectivity index (χ2v) is 0.924. The van der Waals surface area contributed by atoms with Gasteiger partial charge in [-0.25, -0.2) is 9.59 Å². The maximum absolute atomic E-state index is 9.84. The van der Waals surface area contributed by atoms with Crippen LogP contribution < -0.4 is 94.6 Å². The molecule has 0 fully saturated rings. The van der Waals surface area contributed by atoms with Gasteiger partial charge in [-0.3, -0.25) is 0 Å². The molecule has 0 heterocycles. The minimum Gasteiger partial charge on any atom is -1.00 e. The van der Waals surface area contributed by atoms with Gasteiger partial charge in [0, 0.05) is 0 Å². The zero-order valence-electron chi connectivity index (χ0n) is 9.59. The number of carbonyl (C=O) groups is 2. The van der Waals surface area contributed by atoms with Crippen molar-refractivity contribution in [2.75, 3.05) is 0 Å². The number of halogens is 1. The van der Waals surface area contributed by atoms with E-state index in [4.69, 9.17) is 0 Å². The summed E-state index contributed by atoms with van der Waals surface area (Å²) in [6.45, 7) is 0. The zero-order chi connectivity index (χ0) is 6.57. The summed E-state index contributed by atoms with van der Waals surface area (Å²) in [6.07, 6.45) is 0. The van der Waals surface area contributed by atoms with E-state index in [1.165, 1.54) is 0 Å². The Balaban J connectivity index is -0.0000000163. The smallest absolute Gasteiger partial charge is 1.00 e. The molecule has 0 rings (SSSR count). The van der Waals surface area contributed by atoms with Crippen LogP contribution >= 0.6 is 11.9 Å². The molecule has 5 nitrogen and oxygen atoms in total. The Bertz CT molecular complexity index is 118. The predicted molar refractivity (Wildman–Crippen MR) is 25.6 cm³/mol. The van der Waals surface area contributed by atoms with Crippen LogP contribution in [0, 0.1) is 0 Å². The summed E-state index contributed by atoms with van der Waals surface area (Å²) in [5.74, 6) is 1.57. The number of hydrogen-bond donors (Lipinski definition) is 1. The fraction of sp³-hybridized carbons (Fsp3) is 0. The number of carbonyl (C=O) groups excluding carboxylic acids is 2. The van der Waals surface area contributed by atoms with Gasteiger partial charge in [-0.1, -0.05) is 0 Å². The first-order valence-electron chi connectivity index (χ1n) is 1.46. The van der Waals surface area contributed by atoms with E-state index in [9.17, 15) is 9.59 Å². The Labute approximate surface area is 139 Å². The molecule has 0 unspecified atom stereocenters. The molecule has 0 bridgehead atoms. The average Bonchev–Trinajstić information content (AvgIpc) is 1.84. The van der Waals surface area contributed by atoms with Crippen LogP contribution in [-0.4, -0.2) is 11.9 Å². The summed E-state index contributed by atoms with van der Waals surface area (Å²) >= 11 is 4.42. The molecule has 0 atom stereocenters. The van der Waals surface area contributed by atoms with Crippen molar-refractivity contribution in [1.29, 1.82) is 0 Å². The van der Waals surface area contributed by atoms with Crippen LogP contribution in [0.5, 0.6) is 0 Å². The molecule has 0 spiro atoms. The Morgan fingerprint density at radius 1 is 1.18 bits per heavy atom. The van der Waals surface area contributed by atoms with Crippen LogP contribution in [-0.2, 0) is 18.7 Å². The molecule has 0 aliphatic carbocycles. The maximum Gasteiger partial charge on any atom is 1.00 e. The third-order valence-corrected chi connectivity index (χ3v) is 0.484. The van der Waals surface area contributed by atoms with Gasteiger partial charge in [0.05, 0.1) is 0 Å². The Hall–Kier alpha value is 2.19. The van der Waals surface area contributed by atoms with Gasteiger partial charge in [-0.05, 0) is 0 Å². The topological polar surface area (TPSA) is 78.6 Å². The molecule has 0 saturated heterocycles. The third kappa shape index (κ3) is 12.2. The molecule has 0 aromatic rings. The first kappa shape index (κ1) is 23.2. The van der Waals surface area contributed by atoms with Crippen molar-refractivity contribution >= 4 is 23.8 Å². The second-order valence-electron chi connectivity index (χ2n) is 0.770. The van der Waals surface area contributed by atoms with Crippen molar-refractivity contribution < 1.29 is 112 Å². The molecule has 52 valence electrons. The van der Waals surface area contributed by atoms with Crippen molar-refractivity contribution in [3.63, 3.8) is 0 Å². The molecule has 0 saturated carbocycles. The Morgan fingerprint density at radius 2 is 1.55 bits per heavy atom. The van der Waals surface area contributed by atoms with Gasteiger partial charge >= 0.3 is 101 Å². The van der Waals surface area contributed by atoms with Crippen molar-refractivity contribution in [1.82, 2.24) is 0 Å². The molecular formula is C2H5ClNNa3O4. The van der Waals surface area contributed by atoms with E-state index < -0.39 is 11.9 Å². The first-order chi connectivity index (χ1) is 3.72. The average molecular weight is 211 g/mol. The summed E-state index contributed by atoms with van der Waals surface area (Å²) < 4.78 is 3.38. The molecule has 11 heavy (non-hydrogen) atoms. The Morgan fingerprint density at radius 3 is 1.64 bits per heavy atom. The molecule has 9 heteroatoms. The zero-order valence-corrected chi connectivity index (χ0v) is 13.3. The quantitative estimate of drug-likeness (QED) is 0.245. The van der Waals surface area contributed by atoms with E-state index >= 15 is 0 Å². The van der Waals surface area contributed by atoms with Crippen molar-refractivity contribution in [2.45, 2.75) is 0 Å². The van der Waals surface area contributed by atoms with Gasteiger partial charge in [0.25, 0.3) is 0 Å². The summed E-state index contributed by atoms with van der Waals surface area (Å²) in [5.41, 5.74) is 0. The molecule has 0 aromatic carbocycles. The third-order valence-electron chi connectivity index (χ3n) is 0.344. The summed E-state index contributed by atoms with van der Waals surface area (Å²) in [7, 11) is 0. The number of rotatable bonds is 0. The van der Waals surface area contributed by atoms with Crippen LogP contribution in [0.4, 0.5) is 0 Å². The fourth-order valence-electron chi connectivity index (χ4n) is 0.0796. The molecule has 0 aliphatic rings. The monoisotopic (exact) mass is 211 g/mol. The van der Waals surface area contributed by atoms with Crippen LogP contribution in [0.15, 0.2) is 0 Å². The van der Waals surface area contributed by atoms with Crippen LogP contribution in [0.3, 0.4) is 0 Å². The second kappa shape index (κ2) is 14.7. The van der Waals surface area contributed by atoms with E-state index in [0.717, 1.165) is 0 Å². The predicted octanol–water partition coefficient (Wildman–Crippen LogP) is -9.55. The van der Waals surface area contributed by atoms with Gasteiger partial charge < -0.3 is 13.4 Å². The van der Waals surface area contributed by atoms with Gasteiger partial charge in [0.15, 0.2) is 0 Å². The fourth-order valence-corrected chi connectivity index (χ4v) is 0.143.